The fourth-order valence-electron chi connectivity index (χ4n) is 6.38. The van der Waals surface area contributed by atoms with Crippen molar-refractivity contribution in [3.63, 3.8) is 0 Å². The predicted molar refractivity (Wildman–Crippen MR) is 133 cm³/mol. The molecule has 1 N–H and O–H groups in total. The maximum Gasteiger partial charge on any atom is 0.410 e. The van der Waals surface area contributed by atoms with Crippen molar-refractivity contribution in [1.82, 2.24) is 4.90 Å². The van der Waals surface area contributed by atoms with Crippen LogP contribution in [0.3, 0.4) is 0 Å². The fourth-order valence-corrected chi connectivity index (χ4v) is 6.38. The van der Waals surface area contributed by atoms with E-state index in [4.69, 9.17) is 4.74 Å². The van der Waals surface area contributed by atoms with E-state index in [1.165, 1.54) is 22.3 Å². The Morgan fingerprint density at radius 1 is 0.971 bits per heavy atom. The van der Waals surface area contributed by atoms with Gasteiger partial charge in [0, 0.05) is 30.8 Å². The molecule has 1 aliphatic carbocycles. The minimum Gasteiger partial charge on any atom is -0.448 e. The molecule has 2 fully saturated rings. The number of carbonyl (C=O) groups is 1. The molecule has 0 radical (unpaired) electrons. The Hall–Kier alpha value is -3.37. The smallest absolute Gasteiger partial charge is 0.410 e. The van der Waals surface area contributed by atoms with E-state index in [0.717, 1.165) is 24.0 Å². The summed E-state index contributed by atoms with van der Waals surface area (Å²) in [4.78, 5) is 15.2. The molecule has 2 atom stereocenters. The second-order valence-corrected chi connectivity index (χ2v) is 9.87. The Balaban J connectivity index is 1.19. The minimum atomic E-state index is -0.926. The highest BCUT2D eigenvalue weighted by atomic mass is 16.6. The zero-order chi connectivity index (χ0) is 23.3. The molecule has 2 heterocycles. The summed E-state index contributed by atoms with van der Waals surface area (Å²) in [6, 6.07) is 24.7. The summed E-state index contributed by atoms with van der Waals surface area (Å²) in [6.45, 7) is 4.18. The summed E-state index contributed by atoms with van der Waals surface area (Å²) in [6.07, 6.45) is 4.42. The third-order valence-corrected chi connectivity index (χ3v) is 7.97. The van der Waals surface area contributed by atoms with Crippen molar-refractivity contribution in [1.29, 1.82) is 0 Å². The van der Waals surface area contributed by atoms with Crippen LogP contribution in [0.15, 0.2) is 79.4 Å². The van der Waals surface area contributed by atoms with Gasteiger partial charge in [0.05, 0.1) is 5.60 Å². The van der Waals surface area contributed by atoms with Crippen molar-refractivity contribution in [3.05, 3.63) is 102 Å². The number of ether oxygens (including phenoxy) is 1. The number of hydrogen-bond acceptors (Lipinski definition) is 3. The van der Waals surface area contributed by atoms with Gasteiger partial charge in [-0.1, -0.05) is 79.4 Å². The lowest BCUT2D eigenvalue weighted by Crippen LogP contribution is -2.52. The minimum absolute atomic E-state index is 0.00760. The number of nitrogens with zero attached hydrogens (tertiary/aromatic N) is 1. The molecule has 34 heavy (non-hydrogen) atoms. The molecule has 3 aromatic carbocycles. The summed E-state index contributed by atoms with van der Waals surface area (Å²) >= 11 is 0. The largest absolute Gasteiger partial charge is 0.448 e. The Morgan fingerprint density at radius 3 is 2.21 bits per heavy atom. The summed E-state index contributed by atoms with van der Waals surface area (Å²) in [5.41, 5.74) is 5.87. The lowest BCUT2D eigenvalue weighted by Gasteiger charge is -2.43. The molecule has 4 nitrogen and oxygen atoms in total. The van der Waals surface area contributed by atoms with Crippen LogP contribution in [0.5, 0.6) is 0 Å². The zero-order valence-electron chi connectivity index (χ0n) is 19.2. The molecule has 1 amide bonds. The average molecular weight is 452 g/mol. The summed E-state index contributed by atoms with van der Waals surface area (Å²) < 4.78 is 5.96. The van der Waals surface area contributed by atoms with Crippen LogP contribution >= 0.6 is 0 Å². The molecule has 2 bridgehead atoms. The van der Waals surface area contributed by atoms with Gasteiger partial charge in [-0.3, -0.25) is 0 Å². The Morgan fingerprint density at radius 2 is 1.59 bits per heavy atom. The highest BCUT2D eigenvalue weighted by Gasteiger charge is 2.50. The van der Waals surface area contributed by atoms with Crippen LogP contribution in [0.2, 0.25) is 0 Å². The number of rotatable bonds is 4. The summed E-state index contributed by atoms with van der Waals surface area (Å²) in [7, 11) is 0. The van der Waals surface area contributed by atoms with Gasteiger partial charge < -0.3 is 14.7 Å². The van der Waals surface area contributed by atoms with Gasteiger partial charge >= 0.3 is 6.09 Å². The fraction of sp³-hybridized carbons (Fsp3) is 0.300. The molecule has 2 unspecified atom stereocenters. The van der Waals surface area contributed by atoms with Crippen LogP contribution in [0.1, 0.15) is 53.9 Å². The van der Waals surface area contributed by atoms with Crippen molar-refractivity contribution < 1.29 is 14.6 Å². The van der Waals surface area contributed by atoms with Gasteiger partial charge in [-0.15, -0.1) is 0 Å². The molecule has 4 heteroatoms. The molecular formula is C30H29NO3. The van der Waals surface area contributed by atoms with Crippen LogP contribution < -0.4 is 0 Å². The number of amides is 1. The van der Waals surface area contributed by atoms with Gasteiger partial charge in [0.25, 0.3) is 0 Å². The van der Waals surface area contributed by atoms with Gasteiger partial charge in [0.2, 0.25) is 0 Å². The van der Waals surface area contributed by atoms with Crippen LogP contribution in [0.4, 0.5) is 4.79 Å². The maximum absolute atomic E-state index is 13.3. The van der Waals surface area contributed by atoms with Gasteiger partial charge in [0.15, 0.2) is 0 Å². The number of carbonyl (C=O) groups excluding carboxylic acids is 1. The first kappa shape index (κ1) is 21.2. The number of aliphatic hydroxyl groups is 1. The van der Waals surface area contributed by atoms with Gasteiger partial charge in [-0.05, 0) is 52.3 Å². The monoisotopic (exact) mass is 451 g/mol. The molecule has 172 valence electrons. The summed E-state index contributed by atoms with van der Waals surface area (Å²) in [5.74, 6) is 0.0531. The van der Waals surface area contributed by atoms with E-state index < -0.39 is 5.60 Å². The van der Waals surface area contributed by atoms with Crippen molar-refractivity contribution >= 4 is 12.2 Å². The van der Waals surface area contributed by atoms with E-state index in [-0.39, 0.29) is 24.1 Å². The second kappa shape index (κ2) is 8.14. The molecule has 2 saturated heterocycles. The van der Waals surface area contributed by atoms with Gasteiger partial charge in [-0.25, -0.2) is 4.79 Å². The zero-order valence-corrected chi connectivity index (χ0v) is 19.2. The van der Waals surface area contributed by atoms with Gasteiger partial charge in [-0.2, -0.15) is 0 Å². The van der Waals surface area contributed by atoms with Crippen LogP contribution in [0.25, 0.3) is 17.2 Å². The van der Waals surface area contributed by atoms with E-state index in [2.05, 4.69) is 43.0 Å². The molecule has 2 aliphatic heterocycles. The SMILES string of the molecule is C=Cc1cccc(C2(O)CC3CCC(C2)N3C(=O)OCC2c3ccccc3-c3ccccc32)c1. The first-order valence-electron chi connectivity index (χ1n) is 12.2. The lowest BCUT2D eigenvalue weighted by atomic mass is 9.80. The van der Waals surface area contributed by atoms with E-state index in [0.29, 0.717) is 19.4 Å². The second-order valence-electron chi connectivity index (χ2n) is 9.87. The summed E-state index contributed by atoms with van der Waals surface area (Å²) in [5, 5.41) is 11.6. The van der Waals surface area contributed by atoms with Crippen molar-refractivity contribution in [2.75, 3.05) is 6.61 Å². The maximum atomic E-state index is 13.3. The Kier molecular flexibility index (Phi) is 5.07. The lowest BCUT2D eigenvalue weighted by molar-refractivity contribution is -0.0531. The standard InChI is InChI=1S/C30H29NO3/c1-2-20-8-7-9-21(16-20)30(33)17-22-14-15-23(18-30)31(22)29(32)34-19-28-26-12-5-3-10-24(26)25-11-4-6-13-27(25)28/h2-13,16,22-23,28,33H,1,14-15,17-19H2. The van der Waals surface area contributed by atoms with Crippen molar-refractivity contribution in [2.45, 2.75) is 49.3 Å². The molecule has 0 saturated carbocycles. The molecular weight excluding hydrogens is 422 g/mol. The predicted octanol–water partition coefficient (Wildman–Crippen LogP) is 6.09. The molecule has 3 aromatic rings. The average Bonchev–Trinajstić information content (AvgIpc) is 3.34. The topological polar surface area (TPSA) is 49.8 Å². The first-order chi connectivity index (χ1) is 16.6. The van der Waals surface area contributed by atoms with E-state index >= 15 is 0 Å². The number of piperidine rings is 1. The first-order valence-corrected chi connectivity index (χ1v) is 12.2. The number of fused-ring (bicyclic) bond motifs is 5. The number of benzene rings is 3. The van der Waals surface area contributed by atoms with Crippen molar-refractivity contribution in [3.8, 4) is 11.1 Å². The highest BCUT2D eigenvalue weighted by molar-refractivity contribution is 5.79. The Bertz CT molecular complexity index is 1210. The normalized spacial score (nSPS) is 25.0. The molecule has 0 spiro atoms. The van der Waals surface area contributed by atoms with Crippen LogP contribution in [-0.4, -0.2) is 34.8 Å². The molecule has 6 rings (SSSR count). The number of hydrogen-bond donors (Lipinski definition) is 1. The Labute approximate surface area is 200 Å². The van der Waals surface area contributed by atoms with Gasteiger partial charge in [0.1, 0.15) is 6.61 Å². The quantitative estimate of drug-likeness (QED) is 0.522. The van der Waals surface area contributed by atoms with Crippen LogP contribution in [-0.2, 0) is 10.3 Å². The van der Waals surface area contributed by atoms with E-state index in [1.54, 1.807) is 6.08 Å². The van der Waals surface area contributed by atoms with Crippen LogP contribution in [0, 0.1) is 0 Å². The van der Waals surface area contributed by atoms with E-state index in [1.807, 2.05) is 41.3 Å². The molecule has 3 aliphatic rings. The van der Waals surface area contributed by atoms with Crippen molar-refractivity contribution in [2.24, 2.45) is 0 Å². The van der Waals surface area contributed by atoms with E-state index in [9.17, 15) is 9.90 Å². The highest BCUT2D eigenvalue weighted by Crippen LogP contribution is 2.47. The molecule has 0 aromatic heterocycles. The third-order valence-electron chi connectivity index (χ3n) is 7.97. The third kappa shape index (κ3) is 3.36.